The zero-order valence-corrected chi connectivity index (χ0v) is 14.9. The van der Waals surface area contributed by atoms with Crippen LogP contribution >= 0.6 is 12.4 Å². The van der Waals surface area contributed by atoms with Crippen LogP contribution in [0.2, 0.25) is 0 Å². The Morgan fingerprint density at radius 1 is 1.33 bits per heavy atom. The number of carbonyl (C=O) groups excluding carboxylic acids is 2. The molecule has 2 aliphatic rings. The molecule has 0 spiro atoms. The molecule has 1 saturated heterocycles. The largest absolute Gasteiger partial charge is 0.347 e. The van der Waals surface area contributed by atoms with Gasteiger partial charge in [-0.25, -0.2) is 0 Å². The van der Waals surface area contributed by atoms with Crippen molar-refractivity contribution in [1.29, 1.82) is 0 Å². The highest BCUT2D eigenvalue weighted by molar-refractivity contribution is 5.97. The molecule has 6 heteroatoms. The fraction of sp³-hybridized carbons (Fsp3) is 0.556. The Balaban J connectivity index is 0.00000208. The molecule has 2 heterocycles. The summed E-state index contributed by atoms with van der Waals surface area (Å²) < 4.78 is 0. The molecule has 0 radical (unpaired) electrons. The van der Waals surface area contributed by atoms with Crippen LogP contribution in [0.1, 0.15) is 31.7 Å². The molecule has 2 amide bonds. The Morgan fingerprint density at radius 2 is 2.12 bits per heavy atom. The van der Waals surface area contributed by atoms with E-state index in [4.69, 9.17) is 0 Å². The molecule has 0 aliphatic carbocycles. The van der Waals surface area contributed by atoms with Gasteiger partial charge in [-0.1, -0.05) is 18.2 Å². The van der Waals surface area contributed by atoms with Gasteiger partial charge in [0, 0.05) is 24.2 Å². The van der Waals surface area contributed by atoms with Crippen molar-refractivity contribution in [3.8, 4) is 0 Å². The normalized spacial score (nSPS) is 23.0. The van der Waals surface area contributed by atoms with Crippen molar-refractivity contribution in [1.82, 2.24) is 10.6 Å². The smallest absolute Gasteiger partial charge is 0.246 e. The zero-order valence-electron chi connectivity index (χ0n) is 14.1. The lowest BCUT2D eigenvalue weighted by molar-refractivity contribution is -0.128. The molecule has 2 N–H and O–H groups in total. The number of nitrogens with zero attached hydrogens (tertiary/aromatic N) is 1. The number of carbonyl (C=O) groups is 2. The summed E-state index contributed by atoms with van der Waals surface area (Å²) in [7, 11) is 0. The van der Waals surface area contributed by atoms with E-state index in [1.165, 1.54) is 5.56 Å². The van der Waals surface area contributed by atoms with Gasteiger partial charge in [-0.05, 0) is 50.8 Å². The maximum Gasteiger partial charge on any atom is 0.246 e. The zero-order chi connectivity index (χ0) is 16.2. The molecule has 132 valence electrons. The second-order valence-corrected chi connectivity index (χ2v) is 6.57. The number of para-hydroxylation sites is 1. The third kappa shape index (κ3) is 4.28. The Labute approximate surface area is 149 Å². The monoisotopic (exact) mass is 351 g/mol. The van der Waals surface area contributed by atoms with Gasteiger partial charge in [0.05, 0.1) is 6.54 Å². The minimum absolute atomic E-state index is 0. The highest BCUT2D eigenvalue weighted by Crippen LogP contribution is 2.26. The molecule has 3 rings (SSSR count). The van der Waals surface area contributed by atoms with Crippen LogP contribution in [-0.2, 0) is 16.0 Å². The van der Waals surface area contributed by atoms with Crippen molar-refractivity contribution < 1.29 is 9.59 Å². The summed E-state index contributed by atoms with van der Waals surface area (Å²) in [6.45, 7) is 3.78. The van der Waals surface area contributed by atoms with Crippen LogP contribution < -0.4 is 15.5 Å². The fourth-order valence-corrected chi connectivity index (χ4v) is 3.57. The highest BCUT2D eigenvalue weighted by Gasteiger charge is 2.26. The van der Waals surface area contributed by atoms with Gasteiger partial charge in [0.1, 0.15) is 0 Å². The number of anilines is 1. The molecule has 0 bridgehead atoms. The lowest BCUT2D eigenvalue weighted by Gasteiger charge is -2.30. The standard InChI is InChI=1S/C18H25N3O2.ClH/c1-13-11-15(8-9-19-13)18(23)20-12-17(22)21-10-4-6-14-5-2-3-7-16(14)21;/h2-3,5,7,13,15,19H,4,6,8-12H2,1H3,(H,20,23);1H/t13-,15-;/m0./s1. The van der Waals surface area contributed by atoms with E-state index in [0.29, 0.717) is 6.04 Å². The van der Waals surface area contributed by atoms with E-state index in [-0.39, 0.29) is 36.7 Å². The van der Waals surface area contributed by atoms with E-state index >= 15 is 0 Å². The molecule has 0 unspecified atom stereocenters. The van der Waals surface area contributed by atoms with Crippen LogP contribution in [0.15, 0.2) is 24.3 Å². The minimum Gasteiger partial charge on any atom is -0.347 e. The minimum atomic E-state index is -0.0208. The van der Waals surface area contributed by atoms with Crippen LogP contribution in [0.4, 0.5) is 5.69 Å². The summed E-state index contributed by atoms with van der Waals surface area (Å²) >= 11 is 0. The first kappa shape index (κ1) is 18.7. The number of piperidine rings is 1. The summed E-state index contributed by atoms with van der Waals surface area (Å²) in [4.78, 5) is 26.6. The summed E-state index contributed by atoms with van der Waals surface area (Å²) in [6, 6.07) is 8.39. The molecule has 2 atom stereocenters. The van der Waals surface area contributed by atoms with Gasteiger partial charge in [0.15, 0.2) is 0 Å². The quantitative estimate of drug-likeness (QED) is 0.874. The fourth-order valence-electron chi connectivity index (χ4n) is 3.57. The predicted octanol–water partition coefficient (Wildman–Crippen LogP) is 1.89. The van der Waals surface area contributed by atoms with Gasteiger partial charge in [0.25, 0.3) is 0 Å². The lowest BCUT2D eigenvalue weighted by Crippen LogP contribution is -2.46. The van der Waals surface area contributed by atoms with Crippen LogP contribution in [0.3, 0.4) is 0 Å². The Morgan fingerprint density at radius 3 is 2.92 bits per heavy atom. The third-order valence-corrected chi connectivity index (χ3v) is 4.82. The molecule has 1 aromatic rings. The van der Waals surface area contributed by atoms with E-state index in [0.717, 1.165) is 44.5 Å². The number of hydrogen-bond acceptors (Lipinski definition) is 3. The van der Waals surface area contributed by atoms with Crippen molar-refractivity contribution in [3.05, 3.63) is 29.8 Å². The first-order valence-electron chi connectivity index (χ1n) is 8.54. The van der Waals surface area contributed by atoms with Gasteiger partial charge < -0.3 is 15.5 Å². The molecule has 0 aromatic heterocycles. The van der Waals surface area contributed by atoms with E-state index in [1.54, 1.807) is 0 Å². The number of rotatable bonds is 3. The molecule has 1 aromatic carbocycles. The maximum atomic E-state index is 12.5. The molecular formula is C18H26ClN3O2. The SMILES string of the molecule is C[C@H]1C[C@@H](C(=O)NCC(=O)N2CCCc3ccccc32)CCN1.Cl. The molecule has 0 saturated carbocycles. The van der Waals surface area contributed by atoms with Gasteiger partial charge in [0.2, 0.25) is 11.8 Å². The average Bonchev–Trinajstić information content (AvgIpc) is 2.59. The van der Waals surface area contributed by atoms with Crippen molar-refractivity contribution in [2.75, 3.05) is 24.5 Å². The first-order valence-corrected chi connectivity index (χ1v) is 8.54. The van der Waals surface area contributed by atoms with Crippen LogP contribution in [0.5, 0.6) is 0 Å². The average molecular weight is 352 g/mol. The number of amides is 2. The lowest BCUT2D eigenvalue weighted by atomic mass is 9.92. The molecule has 1 fully saturated rings. The van der Waals surface area contributed by atoms with Gasteiger partial charge >= 0.3 is 0 Å². The second-order valence-electron chi connectivity index (χ2n) is 6.57. The van der Waals surface area contributed by atoms with Crippen molar-refractivity contribution in [2.24, 2.45) is 5.92 Å². The summed E-state index contributed by atoms with van der Waals surface area (Å²) in [5, 5.41) is 6.18. The van der Waals surface area contributed by atoms with E-state index in [2.05, 4.69) is 23.6 Å². The van der Waals surface area contributed by atoms with Crippen molar-refractivity contribution in [2.45, 2.75) is 38.6 Å². The molecule has 2 aliphatic heterocycles. The second kappa shape index (κ2) is 8.49. The number of hydrogen-bond donors (Lipinski definition) is 2. The third-order valence-electron chi connectivity index (χ3n) is 4.82. The number of halogens is 1. The molecule has 5 nitrogen and oxygen atoms in total. The first-order chi connectivity index (χ1) is 11.1. The van der Waals surface area contributed by atoms with Gasteiger partial charge in [-0.3, -0.25) is 9.59 Å². The Kier molecular flexibility index (Phi) is 6.63. The van der Waals surface area contributed by atoms with Gasteiger partial charge in [-0.2, -0.15) is 0 Å². The topological polar surface area (TPSA) is 61.4 Å². The van der Waals surface area contributed by atoms with E-state index in [1.807, 2.05) is 23.1 Å². The van der Waals surface area contributed by atoms with Crippen LogP contribution in [0, 0.1) is 5.92 Å². The van der Waals surface area contributed by atoms with E-state index in [9.17, 15) is 9.59 Å². The number of nitrogens with one attached hydrogen (secondary N) is 2. The summed E-state index contributed by atoms with van der Waals surface area (Å²) in [5.41, 5.74) is 2.21. The van der Waals surface area contributed by atoms with E-state index < -0.39 is 0 Å². The molecular weight excluding hydrogens is 326 g/mol. The number of aryl methyl sites for hydroxylation is 1. The predicted molar refractivity (Wildman–Crippen MR) is 97.6 cm³/mol. The van der Waals surface area contributed by atoms with Crippen molar-refractivity contribution in [3.63, 3.8) is 0 Å². The summed E-state index contributed by atoms with van der Waals surface area (Å²) in [5.74, 6) is 0.0113. The number of benzene rings is 1. The van der Waals surface area contributed by atoms with Crippen molar-refractivity contribution >= 4 is 29.9 Å². The summed E-state index contributed by atoms with van der Waals surface area (Å²) in [6.07, 6.45) is 3.67. The molecule has 24 heavy (non-hydrogen) atoms. The Bertz CT molecular complexity index is 593. The van der Waals surface area contributed by atoms with Gasteiger partial charge in [-0.15, -0.1) is 12.4 Å². The highest BCUT2D eigenvalue weighted by atomic mass is 35.5. The van der Waals surface area contributed by atoms with Crippen LogP contribution in [0.25, 0.3) is 0 Å². The Hall–Kier alpha value is -1.59. The number of fused-ring (bicyclic) bond motifs is 1. The van der Waals surface area contributed by atoms with Crippen LogP contribution in [-0.4, -0.2) is 37.5 Å². The maximum absolute atomic E-state index is 12.5.